The highest BCUT2D eigenvalue weighted by Gasteiger charge is 2.10. The lowest BCUT2D eigenvalue weighted by Gasteiger charge is -2.14. The van der Waals surface area contributed by atoms with E-state index in [1.165, 1.54) is 0 Å². The van der Waals surface area contributed by atoms with Gasteiger partial charge in [-0.3, -0.25) is 4.79 Å². The first-order chi connectivity index (χ1) is 6.29. The van der Waals surface area contributed by atoms with E-state index in [-0.39, 0.29) is 0 Å². The van der Waals surface area contributed by atoms with Crippen molar-refractivity contribution in [3.63, 3.8) is 0 Å². The number of fused-ring (bicyclic) bond motifs is 1. The Morgan fingerprint density at radius 3 is 3.08 bits per heavy atom. The predicted octanol–water partition coefficient (Wildman–Crippen LogP) is 2.41. The molecule has 1 heterocycles. The zero-order valence-corrected chi connectivity index (χ0v) is 7.54. The highest BCUT2D eigenvalue weighted by molar-refractivity contribution is 6.30. The molecule has 1 aromatic carbocycles. The number of allylic oxidation sites excluding steroid dienone is 1. The quantitative estimate of drug-likeness (QED) is 0.642. The Morgan fingerprint density at radius 2 is 2.31 bits per heavy atom. The minimum Gasteiger partial charge on any atom is -0.485 e. The van der Waals surface area contributed by atoms with Crippen molar-refractivity contribution in [2.75, 3.05) is 0 Å². The van der Waals surface area contributed by atoms with Gasteiger partial charge in [-0.15, -0.1) is 0 Å². The highest BCUT2D eigenvalue weighted by Crippen LogP contribution is 2.23. The largest absolute Gasteiger partial charge is 0.485 e. The first kappa shape index (κ1) is 8.32. The molecule has 0 aromatic heterocycles. The van der Waals surface area contributed by atoms with Crippen LogP contribution in [0.5, 0.6) is 0 Å². The second kappa shape index (κ2) is 3.23. The summed E-state index contributed by atoms with van der Waals surface area (Å²) in [6.45, 7) is 0.417. The van der Waals surface area contributed by atoms with Gasteiger partial charge in [0, 0.05) is 5.02 Å². The first-order valence-corrected chi connectivity index (χ1v) is 4.25. The number of rotatable bonds is 1. The van der Waals surface area contributed by atoms with Gasteiger partial charge in [0.15, 0.2) is 12.0 Å². The van der Waals surface area contributed by atoms with Crippen molar-refractivity contribution >= 4 is 24.0 Å². The maximum atomic E-state index is 10.4. The molecular weight excluding hydrogens is 188 g/mol. The molecule has 1 aliphatic heterocycles. The molecule has 1 aromatic rings. The minimum atomic E-state index is 0.370. The van der Waals surface area contributed by atoms with Crippen molar-refractivity contribution in [1.82, 2.24) is 0 Å². The van der Waals surface area contributed by atoms with E-state index in [1.807, 2.05) is 12.1 Å². The van der Waals surface area contributed by atoms with Crippen molar-refractivity contribution in [2.24, 2.45) is 0 Å². The van der Waals surface area contributed by atoms with Gasteiger partial charge < -0.3 is 4.74 Å². The average molecular weight is 195 g/mol. The first-order valence-electron chi connectivity index (χ1n) is 3.88. The van der Waals surface area contributed by atoms with Crippen molar-refractivity contribution < 1.29 is 9.53 Å². The van der Waals surface area contributed by atoms with Crippen molar-refractivity contribution in [1.29, 1.82) is 0 Å². The summed E-state index contributed by atoms with van der Waals surface area (Å²) in [7, 11) is 0. The summed E-state index contributed by atoms with van der Waals surface area (Å²) < 4.78 is 5.14. The van der Waals surface area contributed by atoms with Gasteiger partial charge in [-0.25, -0.2) is 0 Å². The maximum absolute atomic E-state index is 10.4. The second-order valence-corrected chi connectivity index (χ2v) is 3.23. The third-order valence-electron chi connectivity index (χ3n) is 1.91. The number of benzene rings is 1. The smallest absolute Gasteiger partial charge is 0.184 e. The molecule has 0 saturated carbocycles. The molecule has 0 N–H and O–H groups in total. The molecule has 2 nitrogen and oxygen atoms in total. The summed E-state index contributed by atoms with van der Waals surface area (Å²) in [6, 6.07) is 5.52. The molecule has 0 fully saturated rings. The molecule has 0 atom stereocenters. The Morgan fingerprint density at radius 1 is 1.46 bits per heavy atom. The van der Waals surface area contributed by atoms with Crippen molar-refractivity contribution in [3.05, 3.63) is 40.1 Å². The van der Waals surface area contributed by atoms with Crippen LogP contribution in [0.25, 0.3) is 6.08 Å². The van der Waals surface area contributed by atoms with Crippen LogP contribution in [-0.4, -0.2) is 6.29 Å². The number of ether oxygens (including phenoxy) is 1. The number of hydrogen-bond donors (Lipinski definition) is 0. The van der Waals surface area contributed by atoms with Crippen LogP contribution < -0.4 is 0 Å². The van der Waals surface area contributed by atoms with Crippen LogP contribution >= 0.6 is 11.6 Å². The monoisotopic (exact) mass is 194 g/mol. The van der Waals surface area contributed by atoms with Gasteiger partial charge in [0.05, 0.1) is 0 Å². The standard InChI is InChI=1S/C10H7ClO2/c11-9-2-1-7-4-10(5-12)13-6-8(7)3-9/h1-5H,6H2. The van der Waals surface area contributed by atoms with Crippen molar-refractivity contribution in [2.45, 2.75) is 6.61 Å². The summed E-state index contributed by atoms with van der Waals surface area (Å²) >= 11 is 5.80. The molecule has 0 aliphatic carbocycles. The van der Waals surface area contributed by atoms with Gasteiger partial charge in [-0.05, 0) is 29.3 Å². The fraction of sp³-hybridized carbons (Fsp3) is 0.100. The molecule has 3 heteroatoms. The molecule has 0 spiro atoms. The summed E-state index contributed by atoms with van der Waals surface area (Å²) in [6.07, 6.45) is 2.42. The lowest BCUT2D eigenvalue weighted by Crippen LogP contribution is -2.02. The molecule has 0 radical (unpaired) electrons. The van der Waals surface area contributed by atoms with Crippen LogP contribution in [-0.2, 0) is 16.1 Å². The summed E-state index contributed by atoms with van der Waals surface area (Å²) in [5, 5.41) is 0.685. The third-order valence-corrected chi connectivity index (χ3v) is 2.15. The van der Waals surface area contributed by atoms with Crippen LogP contribution in [0.1, 0.15) is 11.1 Å². The maximum Gasteiger partial charge on any atom is 0.184 e. The lowest BCUT2D eigenvalue weighted by atomic mass is 10.1. The van der Waals surface area contributed by atoms with Gasteiger partial charge in [0.2, 0.25) is 0 Å². The van der Waals surface area contributed by atoms with E-state index >= 15 is 0 Å². The minimum absolute atomic E-state index is 0.370. The molecule has 13 heavy (non-hydrogen) atoms. The zero-order chi connectivity index (χ0) is 9.26. The SMILES string of the molecule is O=CC1=Cc2ccc(Cl)cc2CO1. The molecule has 0 saturated heterocycles. The van der Waals surface area contributed by atoms with E-state index in [0.717, 1.165) is 11.1 Å². The molecule has 0 bridgehead atoms. The topological polar surface area (TPSA) is 26.3 Å². The normalized spacial score (nSPS) is 14.1. The Balaban J connectivity index is 2.48. The number of aldehydes is 1. The Bertz CT molecular complexity index is 383. The molecule has 0 amide bonds. The van der Waals surface area contributed by atoms with Crippen LogP contribution in [0.15, 0.2) is 24.0 Å². The van der Waals surface area contributed by atoms with Crippen LogP contribution in [0.4, 0.5) is 0 Å². The van der Waals surface area contributed by atoms with Gasteiger partial charge in [-0.1, -0.05) is 17.7 Å². The molecule has 2 rings (SSSR count). The molecule has 66 valence electrons. The fourth-order valence-electron chi connectivity index (χ4n) is 1.26. The second-order valence-electron chi connectivity index (χ2n) is 2.80. The Labute approximate surface area is 80.8 Å². The Kier molecular flexibility index (Phi) is 2.07. The van der Waals surface area contributed by atoms with Gasteiger partial charge in [0.25, 0.3) is 0 Å². The summed E-state index contributed by atoms with van der Waals surface area (Å²) in [4.78, 5) is 10.4. The predicted molar refractivity (Wildman–Crippen MR) is 50.3 cm³/mol. The van der Waals surface area contributed by atoms with Gasteiger partial charge in [-0.2, -0.15) is 0 Å². The van der Waals surface area contributed by atoms with Gasteiger partial charge >= 0.3 is 0 Å². The van der Waals surface area contributed by atoms with E-state index in [9.17, 15) is 4.79 Å². The van der Waals surface area contributed by atoms with Crippen LogP contribution in [0.3, 0.4) is 0 Å². The average Bonchev–Trinajstić information content (AvgIpc) is 2.17. The molecule has 0 unspecified atom stereocenters. The number of carbonyl (C=O) groups excluding carboxylic acids is 1. The van der Waals surface area contributed by atoms with E-state index in [2.05, 4.69) is 0 Å². The van der Waals surface area contributed by atoms with Crippen LogP contribution in [0.2, 0.25) is 5.02 Å². The van der Waals surface area contributed by atoms with E-state index in [4.69, 9.17) is 16.3 Å². The number of hydrogen-bond acceptors (Lipinski definition) is 2. The lowest BCUT2D eigenvalue weighted by molar-refractivity contribution is -0.107. The van der Waals surface area contributed by atoms with E-state index in [1.54, 1.807) is 12.1 Å². The number of halogens is 1. The zero-order valence-electron chi connectivity index (χ0n) is 6.79. The molecular formula is C10H7ClO2. The van der Waals surface area contributed by atoms with Crippen LogP contribution in [0, 0.1) is 0 Å². The highest BCUT2D eigenvalue weighted by atomic mass is 35.5. The fourth-order valence-corrected chi connectivity index (χ4v) is 1.46. The van der Waals surface area contributed by atoms with Gasteiger partial charge in [0.1, 0.15) is 6.61 Å². The number of carbonyl (C=O) groups is 1. The Hall–Kier alpha value is -1.28. The third kappa shape index (κ3) is 1.58. The van der Waals surface area contributed by atoms with E-state index in [0.29, 0.717) is 23.7 Å². The van der Waals surface area contributed by atoms with E-state index < -0.39 is 0 Å². The summed E-state index contributed by atoms with van der Waals surface area (Å²) in [5.41, 5.74) is 2.01. The summed E-state index contributed by atoms with van der Waals surface area (Å²) in [5.74, 6) is 0.370. The molecule has 1 aliphatic rings. The van der Waals surface area contributed by atoms with Crippen molar-refractivity contribution in [3.8, 4) is 0 Å².